The van der Waals surface area contributed by atoms with E-state index < -0.39 is 0 Å². The molecule has 0 saturated heterocycles. The summed E-state index contributed by atoms with van der Waals surface area (Å²) in [5.74, 6) is 4.55. The Labute approximate surface area is 359 Å². The molecule has 0 aliphatic heterocycles. The lowest BCUT2D eigenvalue weighted by atomic mass is 9.60. The first-order valence-electron chi connectivity index (χ1n) is 23.0. The number of hydrogen-bond donors (Lipinski definition) is 4. The monoisotopic (exact) mass is 813 g/mol. The van der Waals surface area contributed by atoms with Crippen LogP contribution in [0.2, 0.25) is 0 Å². The van der Waals surface area contributed by atoms with Crippen LogP contribution in [-0.2, 0) is 5.41 Å². The molecule has 0 N–H and O–H groups in total. The molecule has 54 heavy (non-hydrogen) atoms. The summed E-state index contributed by atoms with van der Waals surface area (Å²) >= 11 is 18.8. The van der Waals surface area contributed by atoms with Crippen LogP contribution in [0.5, 0.6) is 0 Å². The number of unbranched alkanes of at least 4 members (excludes halogenated alkanes) is 26. The third kappa shape index (κ3) is 22.7. The zero-order valence-corrected chi connectivity index (χ0v) is 38.3. The molecular formula is C50H84S4. The average Bonchev–Trinajstić information content (AvgIpc) is 3.20. The smallest absolute Gasteiger partial charge is 0.0385 e. The number of hydrogen-bond acceptors (Lipinski definition) is 4. The van der Waals surface area contributed by atoms with Crippen molar-refractivity contribution < 1.29 is 0 Å². The van der Waals surface area contributed by atoms with E-state index in [2.05, 4.69) is 104 Å². The third-order valence-electron chi connectivity index (χ3n) is 12.0. The molecule has 0 nitrogen and oxygen atoms in total. The van der Waals surface area contributed by atoms with Gasteiger partial charge < -0.3 is 0 Å². The van der Waals surface area contributed by atoms with Crippen molar-refractivity contribution in [2.24, 2.45) is 0 Å². The van der Waals surface area contributed by atoms with Gasteiger partial charge in [0.25, 0.3) is 0 Å². The molecule has 0 aliphatic carbocycles. The SMILES string of the molecule is S[CH]CCC(c1ccccc1)C(CCCCCCCCCCCCCCCCS)([C](S)CCCCCCCCCCCCCCCCS)c1ccccc1. The van der Waals surface area contributed by atoms with Crippen LogP contribution in [0.25, 0.3) is 0 Å². The third-order valence-corrected chi connectivity index (χ3v) is 13.5. The lowest BCUT2D eigenvalue weighted by Crippen LogP contribution is -2.38. The lowest BCUT2D eigenvalue weighted by Gasteiger charge is -2.46. The Morgan fingerprint density at radius 3 is 1.20 bits per heavy atom. The van der Waals surface area contributed by atoms with Gasteiger partial charge in [0, 0.05) is 16.4 Å². The van der Waals surface area contributed by atoms with Gasteiger partial charge in [0.2, 0.25) is 0 Å². The van der Waals surface area contributed by atoms with Crippen LogP contribution in [0.3, 0.4) is 0 Å². The molecule has 0 heterocycles. The molecule has 308 valence electrons. The van der Waals surface area contributed by atoms with Crippen LogP contribution in [0, 0.1) is 11.0 Å². The predicted molar refractivity (Wildman–Crippen MR) is 258 cm³/mol. The molecule has 4 heteroatoms. The van der Waals surface area contributed by atoms with Crippen molar-refractivity contribution in [3.8, 4) is 0 Å². The minimum atomic E-state index is -0.0815. The minimum absolute atomic E-state index is 0.0815. The number of thiol groups is 4. The van der Waals surface area contributed by atoms with E-state index in [1.54, 1.807) is 0 Å². The van der Waals surface area contributed by atoms with Gasteiger partial charge in [0.15, 0.2) is 0 Å². The molecule has 0 amide bonds. The first-order valence-corrected chi connectivity index (χ1v) is 25.3. The summed E-state index contributed by atoms with van der Waals surface area (Å²) in [6.45, 7) is 0. The Morgan fingerprint density at radius 2 is 0.815 bits per heavy atom. The van der Waals surface area contributed by atoms with Crippen LogP contribution in [0.1, 0.15) is 223 Å². The summed E-state index contributed by atoms with van der Waals surface area (Å²) in [4.78, 5) is 0. The van der Waals surface area contributed by atoms with Crippen LogP contribution in [0.4, 0.5) is 0 Å². The van der Waals surface area contributed by atoms with Gasteiger partial charge in [-0.15, -0.1) is 0 Å². The van der Waals surface area contributed by atoms with Crippen LogP contribution in [-0.4, -0.2) is 11.5 Å². The Bertz CT molecular complexity index is 1050. The molecule has 0 aliphatic rings. The van der Waals surface area contributed by atoms with Crippen molar-refractivity contribution in [3.05, 3.63) is 82.8 Å². The molecule has 2 radical (unpaired) electrons. The summed E-state index contributed by atoms with van der Waals surface area (Å²) in [6.07, 6.45) is 43.0. The fourth-order valence-corrected chi connectivity index (χ4v) is 9.93. The molecule has 2 atom stereocenters. The standard InChI is InChI=1S/C50H84S4/c51-43-33-23-19-15-11-7-3-1-5-9-13-17-21-31-41-49(54)50(47-38-29-26-30-39-47,48(40-35-45-53)46-36-27-25-28-37-46)42-32-22-18-14-10-6-2-4-8-12-16-20-24-34-44-52/h25-30,36-39,45,48,51-54H,1-24,31-35,40-44H2. The Balaban J connectivity index is 1.90. The van der Waals surface area contributed by atoms with Gasteiger partial charge in [-0.1, -0.05) is 228 Å². The predicted octanol–water partition coefficient (Wildman–Crippen LogP) is 17.6. The van der Waals surface area contributed by atoms with Gasteiger partial charge in [0.1, 0.15) is 0 Å². The molecular weight excluding hydrogens is 729 g/mol. The first-order chi connectivity index (χ1) is 26.7. The summed E-state index contributed by atoms with van der Waals surface area (Å²) in [7, 11) is 0. The Morgan fingerprint density at radius 1 is 0.463 bits per heavy atom. The van der Waals surface area contributed by atoms with E-state index in [-0.39, 0.29) is 5.41 Å². The van der Waals surface area contributed by atoms with Crippen LogP contribution < -0.4 is 0 Å². The second kappa shape index (κ2) is 36.0. The largest absolute Gasteiger partial charge is 0.179 e. The molecule has 0 bridgehead atoms. The maximum absolute atomic E-state index is 5.56. The van der Waals surface area contributed by atoms with E-state index in [0.29, 0.717) is 5.92 Å². The Hall–Kier alpha value is -0.160. The lowest BCUT2D eigenvalue weighted by molar-refractivity contribution is 0.316. The van der Waals surface area contributed by atoms with Crippen molar-refractivity contribution in [2.45, 2.75) is 217 Å². The highest BCUT2D eigenvalue weighted by Crippen LogP contribution is 2.54. The van der Waals surface area contributed by atoms with Crippen molar-refractivity contribution in [3.63, 3.8) is 0 Å². The van der Waals surface area contributed by atoms with E-state index in [4.69, 9.17) is 12.6 Å². The summed E-state index contributed by atoms with van der Waals surface area (Å²) < 4.78 is 0. The van der Waals surface area contributed by atoms with Gasteiger partial charge in [-0.25, -0.2) is 0 Å². The quantitative estimate of drug-likeness (QED) is 0.0375. The molecule has 0 saturated carbocycles. The number of benzene rings is 2. The van der Waals surface area contributed by atoms with E-state index in [1.807, 2.05) is 0 Å². The molecule has 0 spiro atoms. The van der Waals surface area contributed by atoms with E-state index in [1.165, 1.54) is 203 Å². The maximum atomic E-state index is 5.56. The zero-order valence-electron chi connectivity index (χ0n) is 34.8. The van der Waals surface area contributed by atoms with Gasteiger partial charge in [-0.05, 0) is 67.1 Å². The zero-order chi connectivity index (χ0) is 38.6. The summed E-state index contributed by atoms with van der Waals surface area (Å²) in [5.41, 5.74) is 2.83. The van der Waals surface area contributed by atoms with Crippen molar-refractivity contribution >= 4 is 50.5 Å². The average molecular weight is 813 g/mol. The maximum Gasteiger partial charge on any atom is 0.0385 e. The normalized spacial score (nSPS) is 13.4. The second-order valence-electron chi connectivity index (χ2n) is 16.4. The minimum Gasteiger partial charge on any atom is -0.179 e. The molecule has 0 fully saturated rings. The molecule has 2 rings (SSSR count). The highest BCUT2D eigenvalue weighted by atomic mass is 32.1. The van der Waals surface area contributed by atoms with Gasteiger partial charge >= 0.3 is 0 Å². The van der Waals surface area contributed by atoms with Crippen molar-refractivity contribution in [1.82, 2.24) is 0 Å². The van der Waals surface area contributed by atoms with Crippen LogP contribution >= 0.6 is 50.5 Å². The summed E-state index contributed by atoms with van der Waals surface area (Å²) in [6, 6.07) is 22.9. The van der Waals surface area contributed by atoms with Gasteiger partial charge in [-0.3, -0.25) is 0 Å². The van der Waals surface area contributed by atoms with Gasteiger partial charge in [-0.2, -0.15) is 50.5 Å². The molecule has 2 aromatic carbocycles. The first kappa shape index (κ1) is 50.0. The topological polar surface area (TPSA) is 0 Å². The van der Waals surface area contributed by atoms with Crippen molar-refractivity contribution in [1.29, 1.82) is 0 Å². The van der Waals surface area contributed by atoms with E-state index in [9.17, 15) is 0 Å². The highest BCUT2D eigenvalue weighted by Gasteiger charge is 2.45. The highest BCUT2D eigenvalue weighted by molar-refractivity contribution is 7.83. The van der Waals surface area contributed by atoms with E-state index in [0.717, 1.165) is 30.8 Å². The van der Waals surface area contributed by atoms with Crippen LogP contribution in [0.15, 0.2) is 60.7 Å². The molecule has 2 aromatic rings. The Kier molecular flexibility index (Phi) is 33.3. The van der Waals surface area contributed by atoms with Crippen molar-refractivity contribution in [2.75, 3.05) is 11.5 Å². The van der Waals surface area contributed by atoms with Gasteiger partial charge in [0.05, 0.1) is 0 Å². The molecule has 2 unspecified atom stereocenters. The fourth-order valence-electron chi connectivity index (χ4n) is 8.78. The number of rotatable bonds is 39. The summed E-state index contributed by atoms with van der Waals surface area (Å²) in [5, 5.41) is 1.41. The fraction of sp³-hybridized carbons (Fsp3) is 0.720. The molecule has 0 aromatic heterocycles. The van der Waals surface area contributed by atoms with E-state index >= 15 is 0 Å². The second-order valence-corrected chi connectivity index (χ2v) is 18.2.